The number of imide groups is 1. The molecule has 2 saturated heterocycles. The zero-order chi connectivity index (χ0) is 18.7. The van der Waals surface area contributed by atoms with E-state index in [2.05, 4.69) is 0 Å². The normalized spacial score (nSPS) is 21.4. The average molecular weight is 359 g/mol. The zero-order valence-corrected chi connectivity index (χ0v) is 15.3. The van der Waals surface area contributed by atoms with Gasteiger partial charge in [0.1, 0.15) is 0 Å². The van der Waals surface area contributed by atoms with Gasteiger partial charge in [0.15, 0.2) is 0 Å². The number of hydrogen-bond donors (Lipinski definition) is 0. The second-order valence-corrected chi connectivity index (χ2v) is 6.49. The Bertz CT molecular complexity index is 698. The van der Waals surface area contributed by atoms with E-state index in [-0.39, 0.29) is 24.3 Å². The van der Waals surface area contributed by atoms with Gasteiger partial charge in [-0.3, -0.25) is 14.5 Å². The number of piperazine rings is 1. The number of anilines is 1. The van der Waals surface area contributed by atoms with Crippen LogP contribution in [0, 0.1) is 0 Å². The lowest BCUT2D eigenvalue weighted by molar-refractivity contribution is -0.123. The summed E-state index contributed by atoms with van der Waals surface area (Å²) in [6.07, 6.45) is 0.631. The summed E-state index contributed by atoms with van der Waals surface area (Å²) in [5.41, 5.74) is 1.68. The topological polar surface area (TPSA) is 70.2 Å². The molecule has 0 radical (unpaired) electrons. The van der Waals surface area contributed by atoms with Crippen molar-refractivity contribution in [1.82, 2.24) is 9.80 Å². The minimum absolute atomic E-state index is 0.159. The molecule has 7 nitrogen and oxygen atoms in total. The molecule has 0 bridgehead atoms. The Morgan fingerprint density at radius 1 is 1.12 bits per heavy atom. The van der Waals surface area contributed by atoms with Gasteiger partial charge in [-0.05, 0) is 25.0 Å². The van der Waals surface area contributed by atoms with E-state index in [1.807, 2.05) is 36.1 Å². The first kappa shape index (κ1) is 18.4. The zero-order valence-electron chi connectivity index (χ0n) is 15.3. The number of nitrogens with zero attached hydrogens (tertiary/aromatic N) is 3. The van der Waals surface area contributed by atoms with Crippen molar-refractivity contribution < 1.29 is 19.1 Å². The number of amides is 3. The van der Waals surface area contributed by atoms with E-state index in [0.29, 0.717) is 38.5 Å². The molecule has 3 rings (SSSR count). The standard InChI is InChI=1S/C19H25N3O4/c1-3-14-7-5-6-8-15(14)22-17(23)13-16(18(22)24)20-9-11-21(12-10-20)19(25)26-4-2/h5-8,16H,3-4,9-13H2,1-2H3/t16-/m0/s1. The molecule has 0 N–H and O–H groups in total. The molecule has 0 aromatic heterocycles. The third-order valence-electron chi connectivity index (χ3n) is 5.02. The number of hydrogen-bond acceptors (Lipinski definition) is 5. The van der Waals surface area contributed by atoms with Gasteiger partial charge in [0.25, 0.3) is 5.91 Å². The fourth-order valence-corrected chi connectivity index (χ4v) is 3.61. The molecule has 26 heavy (non-hydrogen) atoms. The SMILES string of the molecule is CCOC(=O)N1CCN([C@H]2CC(=O)N(c3ccccc3CC)C2=O)CC1. The smallest absolute Gasteiger partial charge is 0.409 e. The molecule has 2 aliphatic heterocycles. The second-order valence-electron chi connectivity index (χ2n) is 6.49. The molecule has 7 heteroatoms. The van der Waals surface area contributed by atoms with Gasteiger partial charge < -0.3 is 9.64 Å². The van der Waals surface area contributed by atoms with Gasteiger partial charge in [0.05, 0.1) is 24.8 Å². The minimum atomic E-state index is -0.447. The average Bonchev–Trinajstić information content (AvgIpc) is 2.96. The Kier molecular flexibility index (Phi) is 5.56. The quantitative estimate of drug-likeness (QED) is 0.765. The van der Waals surface area contributed by atoms with E-state index in [9.17, 15) is 14.4 Å². The first-order valence-corrected chi connectivity index (χ1v) is 9.17. The van der Waals surface area contributed by atoms with E-state index >= 15 is 0 Å². The van der Waals surface area contributed by atoms with E-state index in [4.69, 9.17) is 4.74 Å². The summed E-state index contributed by atoms with van der Waals surface area (Å²) >= 11 is 0. The van der Waals surface area contributed by atoms with Crippen molar-refractivity contribution in [3.63, 3.8) is 0 Å². The Labute approximate surface area is 153 Å². The molecular formula is C19H25N3O4. The van der Waals surface area contributed by atoms with Crippen LogP contribution in [0.1, 0.15) is 25.8 Å². The summed E-state index contributed by atoms with van der Waals surface area (Å²) in [7, 11) is 0. The van der Waals surface area contributed by atoms with Gasteiger partial charge in [-0.25, -0.2) is 9.69 Å². The van der Waals surface area contributed by atoms with E-state index in [1.165, 1.54) is 4.90 Å². The lowest BCUT2D eigenvalue weighted by Crippen LogP contribution is -2.54. The van der Waals surface area contributed by atoms with Crippen molar-refractivity contribution >= 4 is 23.6 Å². The van der Waals surface area contributed by atoms with Crippen LogP contribution in [0.3, 0.4) is 0 Å². The molecule has 1 atom stereocenters. The van der Waals surface area contributed by atoms with Gasteiger partial charge in [-0.2, -0.15) is 0 Å². The Morgan fingerprint density at radius 3 is 2.46 bits per heavy atom. The fourth-order valence-electron chi connectivity index (χ4n) is 3.61. The summed E-state index contributed by atoms with van der Waals surface area (Å²) in [6, 6.07) is 7.09. The van der Waals surface area contributed by atoms with Gasteiger partial charge in [-0.1, -0.05) is 25.1 Å². The number of carbonyl (C=O) groups is 3. The van der Waals surface area contributed by atoms with Crippen LogP contribution in [0.2, 0.25) is 0 Å². The highest BCUT2D eigenvalue weighted by molar-refractivity contribution is 6.22. The second kappa shape index (κ2) is 7.86. The number of aryl methyl sites for hydroxylation is 1. The molecule has 2 fully saturated rings. The number of ether oxygens (including phenoxy) is 1. The molecule has 0 aliphatic carbocycles. The highest BCUT2D eigenvalue weighted by Gasteiger charge is 2.44. The van der Waals surface area contributed by atoms with Crippen molar-refractivity contribution in [1.29, 1.82) is 0 Å². The molecule has 3 amide bonds. The van der Waals surface area contributed by atoms with Gasteiger partial charge in [0, 0.05) is 26.2 Å². The minimum Gasteiger partial charge on any atom is -0.450 e. The van der Waals surface area contributed by atoms with Crippen LogP contribution in [0.5, 0.6) is 0 Å². The first-order valence-electron chi connectivity index (χ1n) is 9.17. The molecule has 0 saturated carbocycles. The van der Waals surface area contributed by atoms with Crippen LogP contribution in [0.4, 0.5) is 10.5 Å². The highest BCUT2D eigenvalue weighted by atomic mass is 16.6. The van der Waals surface area contributed by atoms with Crippen LogP contribution >= 0.6 is 0 Å². The molecule has 2 aliphatic rings. The molecular weight excluding hydrogens is 334 g/mol. The molecule has 0 unspecified atom stereocenters. The third-order valence-corrected chi connectivity index (χ3v) is 5.02. The predicted octanol–water partition coefficient (Wildman–Crippen LogP) is 1.65. The summed E-state index contributed by atoms with van der Waals surface area (Å²) in [5.74, 6) is -0.325. The van der Waals surface area contributed by atoms with E-state index < -0.39 is 6.04 Å². The Morgan fingerprint density at radius 2 is 1.81 bits per heavy atom. The molecule has 140 valence electrons. The predicted molar refractivity (Wildman–Crippen MR) is 96.9 cm³/mol. The number of rotatable bonds is 4. The summed E-state index contributed by atoms with van der Waals surface area (Å²) in [5, 5.41) is 0. The number of carbonyl (C=O) groups excluding carboxylic acids is 3. The number of benzene rings is 1. The largest absolute Gasteiger partial charge is 0.450 e. The molecule has 1 aromatic carbocycles. The monoisotopic (exact) mass is 359 g/mol. The molecule has 1 aromatic rings. The van der Waals surface area contributed by atoms with Crippen LogP contribution in [-0.4, -0.2) is 66.5 Å². The molecule has 2 heterocycles. The summed E-state index contributed by atoms with van der Waals surface area (Å²) < 4.78 is 5.02. The van der Waals surface area contributed by atoms with Crippen molar-refractivity contribution in [3.8, 4) is 0 Å². The van der Waals surface area contributed by atoms with Crippen LogP contribution in [0.15, 0.2) is 24.3 Å². The van der Waals surface area contributed by atoms with Crippen LogP contribution in [0.25, 0.3) is 0 Å². The van der Waals surface area contributed by atoms with Crippen molar-refractivity contribution in [2.24, 2.45) is 0 Å². The van der Waals surface area contributed by atoms with Crippen molar-refractivity contribution in [2.75, 3.05) is 37.7 Å². The maximum Gasteiger partial charge on any atom is 0.409 e. The van der Waals surface area contributed by atoms with Gasteiger partial charge >= 0.3 is 6.09 Å². The lowest BCUT2D eigenvalue weighted by Gasteiger charge is -2.36. The van der Waals surface area contributed by atoms with Crippen LogP contribution < -0.4 is 4.90 Å². The van der Waals surface area contributed by atoms with E-state index in [1.54, 1.807) is 11.8 Å². The van der Waals surface area contributed by atoms with Crippen molar-refractivity contribution in [2.45, 2.75) is 32.7 Å². The van der Waals surface area contributed by atoms with Crippen molar-refractivity contribution in [3.05, 3.63) is 29.8 Å². The van der Waals surface area contributed by atoms with Gasteiger partial charge in [-0.15, -0.1) is 0 Å². The first-order chi connectivity index (χ1) is 12.6. The summed E-state index contributed by atoms with van der Waals surface area (Å²) in [6.45, 7) is 6.26. The third kappa shape index (κ3) is 3.44. The number of para-hydroxylation sites is 1. The lowest BCUT2D eigenvalue weighted by atomic mass is 10.1. The van der Waals surface area contributed by atoms with Gasteiger partial charge in [0.2, 0.25) is 5.91 Å². The van der Waals surface area contributed by atoms with Crippen LogP contribution in [-0.2, 0) is 20.7 Å². The molecule has 0 spiro atoms. The maximum atomic E-state index is 13.0. The maximum absolute atomic E-state index is 13.0. The Hall–Kier alpha value is -2.41. The fraction of sp³-hybridized carbons (Fsp3) is 0.526. The highest BCUT2D eigenvalue weighted by Crippen LogP contribution is 2.29. The Balaban J connectivity index is 1.69. The summed E-state index contributed by atoms with van der Waals surface area (Å²) in [4.78, 5) is 42.3. The van der Waals surface area contributed by atoms with E-state index in [0.717, 1.165) is 12.0 Å².